The maximum atomic E-state index is 11.8. The summed E-state index contributed by atoms with van der Waals surface area (Å²) in [5, 5.41) is 5.99. The molecule has 1 aliphatic heterocycles. The van der Waals surface area contributed by atoms with Crippen LogP contribution in [0.4, 0.5) is 5.82 Å². The van der Waals surface area contributed by atoms with Crippen LogP contribution in [0.3, 0.4) is 0 Å². The highest BCUT2D eigenvalue weighted by molar-refractivity contribution is 7.16. The van der Waals surface area contributed by atoms with E-state index < -0.39 is 0 Å². The third-order valence-electron chi connectivity index (χ3n) is 3.62. The Labute approximate surface area is 126 Å². The minimum absolute atomic E-state index is 0.0103. The molecule has 0 aromatic carbocycles. The first kappa shape index (κ1) is 13.6. The molecule has 0 saturated carbocycles. The zero-order chi connectivity index (χ0) is 14.1. The molecule has 1 aliphatic rings. The predicted octanol–water partition coefficient (Wildman–Crippen LogP) is 2.31. The number of anilines is 1. The highest BCUT2D eigenvalue weighted by Gasteiger charge is 2.27. The molecule has 0 aliphatic carbocycles. The largest absolute Gasteiger partial charge is 0.359 e. The van der Waals surface area contributed by atoms with E-state index >= 15 is 0 Å². The minimum atomic E-state index is 0.0103. The Morgan fingerprint density at radius 1 is 1.55 bits per heavy atom. The molecule has 0 radical (unpaired) electrons. The summed E-state index contributed by atoms with van der Waals surface area (Å²) in [6.45, 7) is 1.57. The summed E-state index contributed by atoms with van der Waals surface area (Å²) in [5.41, 5.74) is 0. The molecule has 106 valence electrons. The summed E-state index contributed by atoms with van der Waals surface area (Å²) >= 11 is 7.55. The molecule has 7 heteroatoms. The summed E-state index contributed by atoms with van der Waals surface area (Å²) in [7, 11) is 1.68. The number of nitrogens with zero attached hydrogens (tertiary/aromatic N) is 3. The van der Waals surface area contributed by atoms with E-state index in [0.717, 1.165) is 35.4 Å². The first-order valence-electron chi connectivity index (χ1n) is 6.56. The molecule has 1 N–H and O–H groups in total. The van der Waals surface area contributed by atoms with E-state index in [1.807, 2.05) is 11.4 Å². The van der Waals surface area contributed by atoms with Crippen LogP contribution in [0.5, 0.6) is 0 Å². The van der Waals surface area contributed by atoms with Crippen molar-refractivity contribution in [2.24, 2.45) is 5.92 Å². The Hall–Kier alpha value is -1.40. The summed E-state index contributed by atoms with van der Waals surface area (Å²) < 4.78 is 0. The number of nitrogens with one attached hydrogen (secondary N) is 1. The van der Waals surface area contributed by atoms with Crippen LogP contribution in [-0.2, 0) is 4.79 Å². The Kier molecular flexibility index (Phi) is 3.76. The van der Waals surface area contributed by atoms with Crippen molar-refractivity contribution in [2.45, 2.75) is 12.8 Å². The molecular formula is C13H15ClN4OS. The Morgan fingerprint density at radius 3 is 3.20 bits per heavy atom. The zero-order valence-electron chi connectivity index (χ0n) is 11.1. The fraction of sp³-hybridized carbons (Fsp3) is 0.462. The number of hydrogen-bond acceptors (Lipinski definition) is 5. The number of carbonyl (C=O) groups excluding carboxylic acids is 1. The van der Waals surface area contributed by atoms with Gasteiger partial charge in [0.1, 0.15) is 10.6 Å². The molecule has 1 saturated heterocycles. The third kappa shape index (κ3) is 2.45. The van der Waals surface area contributed by atoms with Crippen molar-refractivity contribution < 1.29 is 4.79 Å². The van der Waals surface area contributed by atoms with Gasteiger partial charge in [0.25, 0.3) is 0 Å². The van der Waals surface area contributed by atoms with Crippen molar-refractivity contribution in [3.05, 3.63) is 16.7 Å². The number of aromatic nitrogens is 2. The fourth-order valence-electron chi connectivity index (χ4n) is 2.64. The van der Waals surface area contributed by atoms with Gasteiger partial charge in [0.2, 0.25) is 11.2 Å². The molecule has 0 bridgehead atoms. The van der Waals surface area contributed by atoms with Crippen molar-refractivity contribution in [1.29, 1.82) is 0 Å². The Bertz CT molecular complexity index is 644. The molecule has 1 atom stereocenters. The molecular weight excluding hydrogens is 296 g/mol. The van der Waals surface area contributed by atoms with Gasteiger partial charge >= 0.3 is 0 Å². The number of thiophene rings is 1. The van der Waals surface area contributed by atoms with Crippen LogP contribution < -0.4 is 10.2 Å². The Balaban J connectivity index is 1.94. The van der Waals surface area contributed by atoms with E-state index in [0.29, 0.717) is 6.54 Å². The van der Waals surface area contributed by atoms with Gasteiger partial charge in [-0.1, -0.05) is 0 Å². The third-order valence-corrected chi connectivity index (χ3v) is 4.59. The number of carbonyl (C=O) groups is 1. The van der Waals surface area contributed by atoms with Crippen LogP contribution in [0.2, 0.25) is 5.28 Å². The number of fused-ring (bicyclic) bond motifs is 1. The van der Waals surface area contributed by atoms with Crippen molar-refractivity contribution >= 4 is 44.9 Å². The first-order chi connectivity index (χ1) is 9.69. The van der Waals surface area contributed by atoms with Gasteiger partial charge in [-0.3, -0.25) is 4.79 Å². The lowest BCUT2D eigenvalue weighted by molar-refractivity contribution is -0.124. The summed E-state index contributed by atoms with van der Waals surface area (Å²) in [6.07, 6.45) is 1.90. The molecule has 3 rings (SSSR count). The first-order valence-corrected chi connectivity index (χ1v) is 7.82. The van der Waals surface area contributed by atoms with Crippen LogP contribution >= 0.6 is 22.9 Å². The standard InChI is InChI=1S/C13H15ClN4OS/c1-15-11(19)8-3-2-5-18(7-8)10-9-4-6-20-12(9)17-13(14)16-10/h4,6,8H,2-3,5,7H2,1H3,(H,15,19). The van der Waals surface area contributed by atoms with E-state index in [9.17, 15) is 4.79 Å². The zero-order valence-corrected chi connectivity index (χ0v) is 12.7. The van der Waals surface area contributed by atoms with Crippen LogP contribution in [0, 0.1) is 5.92 Å². The van der Waals surface area contributed by atoms with Gasteiger partial charge in [-0.05, 0) is 35.9 Å². The second kappa shape index (κ2) is 5.54. The monoisotopic (exact) mass is 310 g/mol. The van der Waals surface area contributed by atoms with Gasteiger partial charge < -0.3 is 10.2 Å². The lowest BCUT2D eigenvalue weighted by Gasteiger charge is -2.33. The molecule has 0 spiro atoms. The van der Waals surface area contributed by atoms with Crippen LogP contribution in [0.25, 0.3) is 10.2 Å². The maximum absolute atomic E-state index is 11.8. The summed E-state index contributed by atoms with van der Waals surface area (Å²) in [5.74, 6) is 0.947. The predicted molar refractivity (Wildman–Crippen MR) is 81.4 cm³/mol. The second-order valence-electron chi connectivity index (χ2n) is 4.86. The number of piperidine rings is 1. The van der Waals surface area contributed by atoms with Crippen LogP contribution in [0.1, 0.15) is 12.8 Å². The smallest absolute Gasteiger partial charge is 0.225 e. The molecule has 1 fully saturated rings. The van der Waals surface area contributed by atoms with Gasteiger partial charge in [-0.15, -0.1) is 11.3 Å². The highest BCUT2D eigenvalue weighted by Crippen LogP contribution is 2.31. The van der Waals surface area contributed by atoms with Gasteiger partial charge in [0.05, 0.1) is 11.3 Å². The summed E-state index contributed by atoms with van der Waals surface area (Å²) in [4.78, 5) is 23.5. The van der Waals surface area contributed by atoms with E-state index in [1.54, 1.807) is 18.4 Å². The van der Waals surface area contributed by atoms with Gasteiger partial charge in [0.15, 0.2) is 0 Å². The van der Waals surface area contributed by atoms with E-state index in [1.165, 1.54) is 0 Å². The number of hydrogen-bond donors (Lipinski definition) is 1. The number of rotatable bonds is 2. The van der Waals surface area contributed by atoms with Crippen molar-refractivity contribution in [3.8, 4) is 0 Å². The molecule has 1 unspecified atom stereocenters. The topological polar surface area (TPSA) is 58.1 Å². The van der Waals surface area contributed by atoms with Crippen LogP contribution in [-0.4, -0.2) is 36.0 Å². The molecule has 2 aromatic rings. The average molecular weight is 311 g/mol. The van der Waals surface area contributed by atoms with Crippen molar-refractivity contribution in [2.75, 3.05) is 25.0 Å². The van der Waals surface area contributed by atoms with E-state index in [-0.39, 0.29) is 17.1 Å². The second-order valence-corrected chi connectivity index (χ2v) is 6.09. The molecule has 5 nitrogen and oxygen atoms in total. The van der Waals surface area contributed by atoms with E-state index in [2.05, 4.69) is 20.2 Å². The molecule has 2 aromatic heterocycles. The number of amides is 1. The maximum Gasteiger partial charge on any atom is 0.225 e. The lowest BCUT2D eigenvalue weighted by Crippen LogP contribution is -2.42. The van der Waals surface area contributed by atoms with Crippen molar-refractivity contribution in [3.63, 3.8) is 0 Å². The number of halogens is 1. The quantitative estimate of drug-likeness (QED) is 0.865. The van der Waals surface area contributed by atoms with Gasteiger partial charge in [-0.2, -0.15) is 4.98 Å². The van der Waals surface area contributed by atoms with Gasteiger partial charge in [0, 0.05) is 20.1 Å². The minimum Gasteiger partial charge on any atom is -0.359 e. The Morgan fingerprint density at radius 2 is 2.40 bits per heavy atom. The average Bonchev–Trinajstić information content (AvgIpc) is 2.93. The van der Waals surface area contributed by atoms with Crippen molar-refractivity contribution in [1.82, 2.24) is 15.3 Å². The van der Waals surface area contributed by atoms with Crippen LogP contribution in [0.15, 0.2) is 11.4 Å². The molecule has 3 heterocycles. The fourth-order valence-corrected chi connectivity index (χ4v) is 3.62. The van der Waals surface area contributed by atoms with Gasteiger partial charge in [-0.25, -0.2) is 4.98 Å². The SMILES string of the molecule is CNC(=O)C1CCCN(c2nc(Cl)nc3sccc23)C1. The summed E-state index contributed by atoms with van der Waals surface area (Å²) in [6, 6.07) is 2.01. The normalized spacial score (nSPS) is 19.3. The lowest BCUT2D eigenvalue weighted by atomic mass is 9.97. The molecule has 20 heavy (non-hydrogen) atoms. The highest BCUT2D eigenvalue weighted by atomic mass is 35.5. The molecule has 1 amide bonds. The van der Waals surface area contributed by atoms with E-state index in [4.69, 9.17) is 11.6 Å².